The Morgan fingerprint density at radius 1 is 1.83 bits per heavy atom. The first kappa shape index (κ1) is 8.66. The first-order valence-electron chi connectivity index (χ1n) is 3.16. The van der Waals surface area contributed by atoms with E-state index in [0.717, 1.165) is 0 Å². The monoisotopic (exact) mass is 185 g/mol. The van der Waals surface area contributed by atoms with E-state index in [0.29, 0.717) is 5.82 Å². The quantitative estimate of drug-likeness (QED) is 0.596. The summed E-state index contributed by atoms with van der Waals surface area (Å²) in [5.74, 6) is -0.615. The van der Waals surface area contributed by atoms with Crippen LogP contribution in [0, 0.1) is 4.64 Å². The molecule has 0 fully saturated rings. The molecule has 0 aliphatic heterocycles. The standard InChI is InChI=1S/C6H7N3O2S/c1-7-4-2-3(6(10)11)5(12)9-8-4/h2H,1H3,(H,7,8)(H,9,12)(H,10,11). The van der Waals surface area contributed by atoms with Crippen molar-refractivity contribution in [2.45, 2.75) is 0 Å². The van der Waals surface area contributed by atoms with E-state index in [9.17, 15) is 4.79 Å². The Labute approximate surface area is 73.4 Å². The second kappa shape index (κ2) is 3.31. The van der Waals surface area contributed by atoms with Gasteiger partial charge >= 0.3 is 5.97 Å². The molecular formula is C6H7N3O2S. The summed E-state index contributed by atoms with van der Waals surface area (Å²) in [5, 5.41) is 17.5. The summed E-state index contributed by atoms with van der Waals surface area (Å²) in [6.07, 6.45) is 0. The number of anilines is 1. The molecular weight excluding hydrogens is 178 g/mol. The van der Waals surface area contributed by atoms with Gasteiger partial charge in [-0.3, -0.25) is 5.10 Å². The maximum Gasteiger partial charge on any atom is 0.338 e. The number of carboxylic acid groups (broad SMARTS) is 1. The zero-order valence-electron chi connectivity index (χ0n) is 6.29. The third-order valence-corrected chi connectivity index (χ3v) is 1.60. The maximum atomic E-state index is 10.5. The van der Waals surface area contributed by atoms with E-state index in [-0.39, 0.29) is 10.2 Å². The second-order valence-electron chi connectivity index (χ2n) is 2.05. The molecule has 0 bridgehead atoms. The lowest BCUT2D eigenvalue weighted by atomic mass is 10.3. The Morgan fingerprint density at radius 3 is 3.00 bits per heavy atom. The molecule has 1 aromatic rings. The van der Waals surface area contributed by atoms with Crippen molar-refractivity contribution >= 4 is 24.0 Å². The first-order valence-corrected chi connectivity index (χ1v) is 3.56. The van der Waals surface area contributed by atoms with Crippen LogP contribution in [0.15, 0.2) is 6.07 Å². The highest BCUT2D eigenvalue weighted by Gasteiger charge is 2.06. The lowest BCUT2D eigenvalue weighted by Gasteiger charge is -1.99. The summed E-state index contributed by atoms with van der Waals surface area (Å²) in [4.78, 5) is 10.5. The Kier molecular flexibility index (Phi) is 2.39. The molecule has 0 aliphatic rings. The minimum Gasteiger partial charge on any atom is -0.478 e. The van der Waals surface area contributed by atoms with Crippen LogP contribution in [0.5, 0.6) is 0 Å². The van der Waals surface area contributed by atoms with E-state index in [1.54, 1.807) is 7.05 Å². The molecule has 1 aromatic heterocycles. The van der Waals surface area contributed by atoms with Gasteiger partial charge in [0.05, 0.1) is 5.56 Å². The smallest absolute Gasteiger partial charge is 0.338 e. The molecule has 0 amide bonds. The average Bonchev–Trinajstić information content (AvgIpc) is 2.05. The predicted molar refractivity (Wildman–Crippen MR) is 45.9 cm³/mol. The van der Waals surface area contributed by atoms with Gasteiger partial charge in [0.25, 0.3) is 0 Å². The highest BCUT2D eigenvalue weighted by atomic mass is 32.1. The molecule has 0 spiro atoms. The van der Waals surface area contributed by atoms with Gasteiger partial charge in [-0.15, -0.1) is 0 Å². The minimum atomic E-state index is -1.06. The van der Waals surface area contributed by atoms with E-state index in [4.69, 9.17) is 17.3 Å². The number of hydrogen-bond acceptors (Lipinski definition) is 4. The number of hydrogen-bond donors (Lipinski definition) is 3. The molecule has 3 N–H and O–H groups in total. The van der Waals surface area contributed by atoms with Crippen LogP contribution in [0.4, 0.5) is 5.82 Å². The number of aromatic nitrogens is 2. The Balaban J connectivity index is 3.26. The largest absolute Gasteiger partial charge is 0.478 e. The Morgan fingerprint density at radius 2 is 2.50 bits per heavy atom. The highest BCUT2D eigenvalue weighted by Crippen LogP contribution is 2.05. The number of nitrogens with zero attached hydrogens (tertiary/aromatic N) is 1. The molecule has 0 aliphatic carbocycles. The van der Waals surface area contributed by atoms with Crippen LogP contribution in [0.2, 0.25) is 0 Å². The summed E-state index contributed by atoms with van der Waals surface area (Å²) in [6.45, 7) is 0. The minimum absolute atomic E-state index is 0.0457. The molecule has 0 saturated heterocycles. The van der Waals surface area contributed by atoms with Gasteiger partial charge in [0, 0.05) is 7.05 Å². The van der Waals surface area contributed by atoms with Gasteiger partial charge in [-0.1, -0.05) is 12.2 Å². The molecule has 6 heteroatoms. The van der Waals surface area contributed by atoms with Gasteiger partial charge in [0.2, 0.25) is 0 Å². The number of carboxylic acids is 1. The molecule has 0 atom stereocenters. The molecule has 1 heterocycles. The second-order valence-corrected chi connectivity index (χ2v) is 2.46. The molecule has 0 radical (unpaired) electrons. The van der Waals surface area contributed by atoms with Crippen LogP contribution in [0.1, 0.15) is 10.4 Å². The van der Waals surface area contributed by atoms with Crippen LogP contribution in [-0.4, -0.2) is 28.3 Å². The number of rotatable bonds is 2. The zero-order valence-corrected chi connectivity index (χ0v) is 7.10. The summed E-state index contributed by atoms with van der Waals surface area (Å²) in [6, 6.07) is 1.38. The van der Waals surface area contributed by atoms with Gasteiger partial charge in [0.1, 0.15) is 10.5 Å². The van der Waals surface area contributed by atoms with E-state index in [1.165, 1.54) is 6.07 Å². The van der Waals surface area contributed by atoms with E-state index in [1.807, 2.05) is 0 Å². The van der Waals surface area contributed by atoms with Crippen molar-refractivity contribution in [2.24, 2.45) is 0 Å². The average molecular weight is 185 g/mol. The molecule has 0 unspecified atom stereocenters. The van der Waals surface area contributed by atoms with Crippen LogP contribution in [-0.2, 0) is 0 Å². The predicted octanol–water partition coefficient (Wildman–Crippen LogP) is 0.879. The van der Waals surface area contributed by atoms with Crippen LogP contribution < -0.4 is 5.32 Å². The maximum absolute atomic E-state index is 10.5. The number of carbonyl (C=O) groups is 1. The van der Waals surface area contributed by atoms with Crippen molar-refractivity contribution in [2.75, 3.05) is 12.4 Å². The van der Waals surface area contributed by atoms with E-state index < -0.39 is 5.97 Å². The van der Waals surface area contributed by atoms with Gasteiger partial charge in [-0.25, -0.2) is 4.79 Å². The highest BCUT2D eigenvalue weighted by molar-refractivity contribution is 7.71. The summed E-state index contributed by atoms with van der Waals surface area (Å²) >= 11 is 4.71. The number of H-pyrrole nitrogens is 1. The van der Waals surface area contributed by atoms with Gasteiger partial charge in [0.15, 0.2) is 0 Å². The van der Waals surface area contributed by atoms with Crippen molar-refractivity contribution in [1.82, 2.24) is 10.2 Å². The van der Waals surface area contributed by atoms with Crippen molar-refractivity contribution in [3.8, 4) is 0 Å². The van der Waals surface area contributed by atoms with Crippen molar-refractivity contribution in [3.05, 3.63) is 16.3 Å². The van der Waals surface area contributed by atoms with E-state index >= 15 is 0 Å². The molecule has 5 nitrogen and oxygen atoms in total. The number of aromatic amines is 1. The fraction of sp³-hybridized carbons (Fsp3) is 0.167. The molecule has 12 heavy (non-hydrogen) atoms. The third-order valence-electron chi connectivity index (χ3n) is 1.29. The van der Waals surface area contributed by atoms with Gasteiger partial charge in [-0.05, 0) is 6.07 Å². The van der Waals surface area contributed by atoms with Crippen molar-refractivity contribution < 1.29 is 9.90 Å². The van der Waals surface area contributed by atoms with Crippen molar-refractivity contribution in [1.29, 1.82) is 0 Å². The Bertz CT molecular complexity index is 360. The third kappa shape index (κ3) is 1.59. The lowest BCUT2D eigenvalue weighted by molar-refractivity contribution is 0.0695. The van der Waals surface area contributed by atoms with Crippen molar-refractivity contribution in [3.63, 3.8) is 0 Å². The normalized spacial score (nSPS) is 9.42. The molecule has 0 aromatic carbocycles. The van der Waals surface area contributed by atoms with Crippen LogP contribution in [0.25, 0.3) is 0 Å². The topological polar surface area (TPSA) is 78.0 Å². The SMILES string of the molecule is CNc1cc(C(=O)O)c(=S)[nH]n1. The molecule has 1 rings (SSSR count). The number of aromatic carboxylic acids is 1. The summed E-state index contributed by atoms with van der Waals surface area (Å²) in [5.41, 5.74) is 0.0457. The van der Waals surface area contributed by atoms with E-state index in [2.05, 4.69) is 15.5 Å². The summed E-state index contributed by atoms with van der Waals surface area (Å²) < 4.78 is 0.126. The molecule has 64 valence electrons. The summed E-state index contributed by atoms with van der Waals surface area (Å²) in [7, 11) is 1.64. The lowest BCUT2D eigenvalue weighted by Crippen LogP contribution is -2.03. The van der Waals surface area contributed by atoms with Crippen LogP contribution >= 0.6 is 12.2 Å². The Hall–Kier alpha value is -1.43. The number of nitrogens with one attached hydrogen (secondary N) is 2. The fourth-order valence-electron chi connectivity index (χ4n) is 0.693. The molecule has 0 saturated carbocycles. The van der Waals surface area contributed by atoms with Gasteiger partial charge < -0.3 is 10.4 Å². The van der Waals surface area contributed by atoms with Crippen LogP contribution in [0.3, 0.4) is 0 Å². The zero-order chi connectivity index (χ0) is 9.14. The first-order chi connectivity index (χ1) is 5.65. The van der Waals surface area contributed by atoms with Gasteiger partial charge in [-0.2, -0.15) is 5.10 Å². The fourth-order valence-corrected chi connectivity index (χ4v) is 0.885.